The molecule has 1 aromatic carbocycles. The van der Waals surface area contributed by atoms with Gasteiger partial charge in [0.05, 0.1) is 0 Å². The summed E-state index contributed by atoms with van der Waals surface area (Å²) in [5.41, 5.74) is 3.05. The van der Waals surface area contributed by atoms with E-state index in [1.807, 2.05) is 0 Å². The molecule has 14 heavy (non-hydrogen) atoms. The van der Waals surface area contributed by atoms with E-state index in [9.17, 15) is 0 Å². The molecule has 0 aromatic heterocycles. The molecule has 3 atom stereocenters. The lowest BCUT2D eigenvalue weighted by molar-refractivity contribution is 0.391. The quantitative estimate of drug-likeness (QED) is 0.646. The van der Waals surface area contributed by atoms with Crippen molar-refractivity contribution in [3.05, 3.63) is 35.4 Å². The highest BCUT2D eigenvalue weighted by atomic mass is 79.9. The second kappa shape index (κ2) is 3.69. The minimum Gasteiger partial charge on any atom is -0.0836 e. The molecule has 0 N–H and O–H groups in total. The van der Waals surface area contributed by atoms with E-state index in [2.05, 4.69) is 61.0 Å². The summed E-state index contributed by atoms with van der Waals surface area (Å²) in [6.07, 6.45) is 0. The number of rotatable bonds is 1. The second-order valence-corrected chi connectivity index (χ2v) is 5.65. The SMILES string of the molecule is CC(C)C1c2ccccc2C(Br)C1C. The number of hydrogen-bond acceptors (Lipinski definition) is 0. The van der Waals surface area contributed by atoms with Crippen LogP contribution in [0, 0.1) is 11.8 Å². The van der Waals surface area contributed by atoms with Crippen LogP contribution in [0.3, 0.4) is 0 Å². The minimum absolute atomic E-state index is 0.547. The Morgan fingerprint density at radius 2 is 1.71 bits per heavy atom. The lowest BCUT2D eigenvalue weighted by Gasteiger charge is -2.22. The van der Waals surface area contributed by atoms with Crippen LogP contribution in [-0.4, -0.2) is 0 Å². The third-order valence-electron chi connectivity index (χ3n) is 3.40. The highest BCUT2D eigenvalue weighted by Gasteiger charge is 2.37. The first-order valence-corrected chi connectivity index (χ1v) is 6.27. The fourth-order valence-electron chi connectivity index (χ4n) is 2.78. The predicted octanol–water partition coefficient (Wildman–Crippen LogP) is 4.51. The fourth-order valence-corrected chi connectivity index (χ4v) is 3.53. The van der Waals surface area contributed by atoms with Gasteiger partial charge in [-0.25, -0.2) is 0 Å². The summed E-state index contributed by atoms with van der Waals surface area (Å²) in [5.74, 6) is 2.16. The summed E-state index contributed by atoms with van der Waals surface area (Å²) in [7, 11) is 0. The van der Waals surface area contributed by atoms with E-state index in [0.29, 0.717) is 10.7 Å². The molecule has 0 amide bonds. The summed E-state index contributed by atoms with van der Waals surface area (Å²) in [6.45, 7) is 7.00. The first-order chi connectivity index (χ1) is 6.63. The molecule has 0 radical (unpaired) electrons. The average molecular weight is 253 g/mol. The highest BCUT2D eigenvalue weighted by molar-refractivity contribution is 9.09. The molecular formula is C13H17Br. The van der Waals surface area contributed by atoms with Crippen molar-refractivity contribution in [2.45, 2.75) is 31.5 Å². The molecule has 0 spiro atoms. The zero-order valence-corrected chi connectivity index (χ0v) is 10.6. The van der Waals surface area contributed by atoms with Crippen molar-refractivity contribution in [3.63, 3.8) is 0 Å². The van der Waals surface area contributed by atoms with Crippen LogP contribution in [-0.2, 0) is 0 Å². The molecule has 76 valence electrons. The summed E-state index contributed by atoms with van der Waals surface area (Å²) in [4.78, 5) is 0.547. The fraction of sp³-hybridized carbons (Fsp3) is 0.538. The van der Waals surface area contributed by atoms with E-state index >= 15 is 0 Å². The maximum Gasteiger partial charge on any atom is 0.0429 e. The van der Waals surface area contributed by atoms with E-state index in [4.69, 9.17) is 0 Å². The monoisotopic (exact) mass is 252 g/mol. The number of hydrogen-bond donors (Lipinski definition) is 0. The van der Waals surface area contributed by atoms with E-state index in [-0.39, 0.29) is 0 Å². The Balaban J connectivity index is 2.48. The Hall–Kier alpha value is -0.300. The van der Waals surface area contributed by atoms with Gasteiger partial charge in [-0.05, 0) is 28.9 Å². The molecule has 0 heterocycles. The van der Waals surface area contributed by atoms with Crippen molar-refractivity contribution in [2.24, 2.45) is 11.8 Å². The van der Waals surface area contributed by atoms with Crippen molar-refractivity contribution in [1.29, 1.82) is 0 Å². The molecule has 0 nitrogen and oxygen atoms in total. The third-order valence-corrected chi connectivity index (χ3v) is 4.73. The van der Waals surface area contributed by atoms with Gasteiger partial charge in [0, 0.05) is 4.83 Å². The van der Waals surface area contributed by atoms with Crippen LogP contribution in [0.5, 0.6) is 0 Å². The predicted molar refractivity (Wildman–Crippen MR) is 64.9 cm³/mol. The lowest BCUT2D eigenvalue weighted by atomic mass is 9.84. The Bertz CT molecular complexity index is 330. The topological polar surface area (TPSA) is 0 Å². The van der Waals surface area contributed by atoms with E-state index in [0.717, 1.165) is 11.8 Å². The highest BCUT2D eigenvalue weighted by Crippen LogP contribution is 2.52. The van der Waals surface area contributed by atoms with Gasteiger partial charge in [0.15, 0.2) is 0 Å². The number of alkyl halides is 1. The third kappa shape index (κ3) is 1.42. The first-order valence-electron chi connectivity index (χ1n) is 5.35. The van der Waals surface area contributed by atoms with E-state index in [1.165, 1.54) is 5.56 Å². The Kier molecular flexibility index (Phi) is 2.70. The van der Waals surface area contributed by atoms with Gasteiger partial charge >= 0.3 is 0 Å². The van der Waals surface area contributed by atoms with Gasteiger partial charge in [0.2, 0.25) is 0 Å². The molecule has 1 aromatic rings. The first kappa shape index (κ1) is 10.2. The standard InChI is InChI=1S/C13H17Br/c1-8(2)12-9(3)13(14)11-7-5-4-6-10(11)12/h4-9,12-13H,1-3H3. The van der Waals surface area contributed by atoms with Gasteiger partial charge in [-0.3, -0.25) is 0 Å². The smallest absolute Gasteiger partial charge is 0.0429 e. The van der Waals surface area contributed by atoms with Crippen molar-refractivity contribution in [1.82, 2.24) is 0 Å². The van der Waals surface area contributed by atoms with Crippen LogP contribution in [0.25, 0.3) is 0 Å². The van der Waals surface area contributed by atoms with Gasteiger partial charge in [-0.2, -0.15) is 0 Å². The summed E-state index contributed by atoms with van der Waals surface area (Å²) in [6, 6.07) is 8.85. The molecule has 0 aliphatic heterocycles. The molecule has 2 rings (SSSR count). The Morgan fingerprint density at radius 3 is 2.29 bits per heavy atom. The van der Waals surface area contributed by atoms with Crippen LogP contribution in [0.4, 0.5) is 0 Å². The summed E-state index contributed by atoms with van der Waals surface area (Å²) >= 11 is 3.81. The molecule has 0 bridgehead atoms. The van der Waals surface area contributed by atoms with Crippen LogP contribution in [0.15, 0.2) is 24.3 Å². The molecular weight excluding hydrogens is 236 g/mol. The van der Waals surface area contributed by atoms with Gasteiger partial charge in [0.25, 0.3) is 0 Å². The van der Waals surface area contributed by atoms with Gasteiger partial charge < -0.3 is 0 Å². The van der Waals surface area contributed by atoms with Crippen molar-refractivity contribution in [3.8, 4) is 0 Å². The van der Waals surface area contributed by atoms with Gasteiger partial charge in [0.1, 0.15) is 0 Å². The molecule has 1 aliphatic rings. The van der Waals surface area contributed by atoms with Crippen molar-refractivity contribution in [2.75, 3.05) is 0 Å². The number of fused-ring (bicyclic) bond motifs is 1. The Morgan fingerprint density at radius 1 is 1.14 bits per heavy atom. The second-order valence-electron chi connectivity index (χ2n) is 4.66. The maximum atomic E-state index is 3.81. The van der Waals surface area contributed by atoms with Crippen molar-refractivity contribution >= 4 is 15.9 Å². The van der Waals surface area contributed by atoms with E-state index in [1.54, 1.807) is 5.56 Å². The molecule has 0 saturated carbocycles. The van der Waals surface area contributed by atoms with Gasteiger partial charge in [-0.1, -0.05) is 61.0 Å². The van der Waals surface area contributed by atoms with E-state index < -0.39 is 0 Å². The van der Waals surface area contributed by atoms with Crippen LogP contribution in [0.2, 0.25) is 0 Å². The largest absolute Gasteiger partial charge is 0.0836 e. The average Bonchev–Trinajstić information content (AvgIpc) is 2.41. The molecule has 0 saturated heterocycles. The molecule has 0 fully saturated rings. The van der Waals surface area contributed by atoms with Crippen LogP contribution >= 0.6 is 15.9 Å². The zero-order valence-electron chi connectivity index (χ0n) is 9.00. The normalized spacial score (nSPS) is 30.8. The van der Waals surface area contributed by atoms with Crippen molar-refractivity contribution < 1.29 is 0 Å². The summed E-state index contributed by atoms with van der Waals surface area (Å²) < 4.78 is 0. The number of benzene rings is 1. The Labute approximate surface area is 94.8 Å². The zero-order chi connectivity index (χ0) is 10.3. The number of halogens is 1. The molecule has 1 aliphatic carbocycles. The van der Waals surface area contributed by atoms with Crippen LogP contribution < -0.4 is 0 Å². The van der Waals surface area contributed by atoms with Gasteiger partial charge in [-0.15, -0.1) is 0 Å². The van der Waals surface area contributed by atoms with Crippen LogP contribution in [0.1, 0.15) is 42.6 Å². The minimum atomic E-state index is 0.547. The molecule has 1 heteroatoms. The molecule has 3 unspecified atom stereocenters. The lowest BCUT2D eigenvalue weighted by Crippen LogP contribution is -2.11. The summed E-state index contributed by atoms with van der Waals surface area (Å²) in [5, 5.41) is 0. The maximum absolute atomic E-state index is 3.81.